The van der Waals surface area contributed by atoms with Gasteiger partial charge in [0.2, 0.25) is 11.8 Å². The van der Waals surface area contributed by atoms with Gasteiger partial charge < -0.3 is 15.0 Å². The standard InChI is InChI=1S/C27H34N2O3/c1-20-11-13-21(14-12-20)19-29(27(31)23-7-2-3-8-23)24-9-4-6-22(16-24)17-26(30)28-18-25-10-5-15-32-25/h4,6,9,11-14,16,23,25H,2-3,5,7-8,10,15,17-19H2,1H3,(H,28,30)/t25-/m1/s1. The number of nitrogens with zero attached hydrogens (tertiary/aromatic N) is 1. The minimum absolute atomic E-state index is 0.00939. The van der Waals surface area contributed by atoms with Gasteiger partial charge >= 0.3 is 0 Å². The molecular formula is C27H34N2O3. The lowest BCUT2D eigenvalue weighted by atomic mass is 10.0. The molecule has 1 saturated carbocycles. The molecule has 2 fully saturated rings. The van der Waals surface area contributed by atoms with Crippen LogP contribution in [0.5, 0.6) is 0 Å². The first kappa shape index (κ1) is 22.5. The molecule has 5 heteroatoms. The van der Waals surface area contributed by atoms with Crippen molar-refractivity contribution in [1.29, 1.82) is 0 Å². The molecule has 5 nitrogen and oxygen atoms in total. The molecule has 1 N–H and O–H groups in total. The van der Waals surface area contributed by atoms with Gasteiger partial charge in [0.15, 0.2) is 0 Å². The fraction of sp³-hybridized carbons (Fsp3) is 0.481. The largest absolute Gasteiger partial charge is 0.376 e. The van der Waals surface area contributed by atoms with Crippen LogP contribution < -0.4 is 10.2 Å². The Morgan fingerprint density at radius 1 is 1.00 bits per heavy atom. The second-order valence-corrected chi connectivity index (χ2v) is 9.18. The summed E-state index contributed by atoms with van der Waals surface area (Å²) >= 11 is 0. The predicted molar refractivity (Wildman–Crippen MR) is 126 cm³/mol. The molecule has 0 radical (unpaired) electrons. The lowest BCUT2D eigenvalue weighted by Crippen LogP contribution is -2.35. The Morgan fingerprint density at radius 3 is 2.50 bits per heavy atom. The SMILES string of the molecule is Cc1ccc(CN(C(=O)C2CCCC2)c2cccc(CC(=O)NC[C@H]3CCCO3)c2)cc1. The molecule has 32 heavy (non-hydrogen) atoms. The van der Waals surface area contributed by atoms with Crippen molar-refractivity contribution in [3.05, 3.63) is 65.2 Å². The number of aryl methyl sites for hydroxylation is 1. The smallest absolute Gasteiger partial charge is 0.230 e. The summed E-state index contributed by atoms with van der Waals surface area (Å²) in [6.45, 7) is 3.97. The highest BCUT2D eigenvalue weighted by Gasteiger charge is 2.28. The number of hydrogen-bond donors (Lipinski definition) is 1. The monoisotopic (exact) mass is 434 g/mol. The van der Waals surface area contributed by atoms with E-state index in [0.29, 0.717) is 19.5 Å². The molecule has 170 valence electrons. The average molecular weight is 435 g/mol. The number of hydrogen-bond acceptors (Lipinski definition) is 3. The molecule has 1 saturated heterocycles. The van der Waals surface area contributed by atoms with E-state index in [1.165, 1.54) is 5.56 Å². The Labute approximate surface area is 191 Å². The summed E-state index contributed by atoms with van der Waals surface area (Å²) in [5, 5.41) is 2.99. The van der Waals surface area contributed by atoms with Crippen molar-refractivity contribution < 1.29 is 14.3 Å². The quantitative estimate of drug-likeness (QED) is 0.663. The molecule has 1 aliphatic heterocycles. The normalized spacial score (nSPS) is 18.6. The van der Waals surface area contributed by atoms with Crippen LogP contribution >= 0.6 is 0 Å². The summed E-state index contributed by atoms with van der Waals surface area (Å²) in [6.07, 6.45) is 6.69. The van der Waals surface area contributed by atoms with Gasteiger partial charge in [0, 0.05) is 24.8 Å². The van der Waals surface area contributed by atoms with Gasteiger partial charge in [-0.2, -0.15) is 0 Å². The van der Waals surface area contributed by atoms with E-state index in [1.807, 2.05) is 29.2 Å². The average Bonchev–Trinajstić information content (AvgIpc) is 3.51. The van der Waals surface area contributed by atoms with Gasteiger partial charge in [0.1, 0.15) is 0 Å². The first-order chi connectivity index (χ1) is 15.6. The fourth-order valence-corrected chi connectivity index (χ4v) is 4.68. The van der Waals surface area contributed by atoms with Gasteiger partial charge in [0.05, 0.1) is 19.1 Å². The maximum atomic E-state index is 13.4. The Hall–Kier alpha value is -2.66. The number of carbonyl (C=O) groups excluding carboxylic acids is 2. The van der Waals surface area contributed by atoms with Gasteiger partial charge in [-0.1, -0.05) is 54.8 Å². The van der Waals surface area contributed by atoms with Crippen LogP contribution in [0.15, 0.2) is 48.5 Å². The van der Waals surface area contributed by atoms with Crippen molar-refractivity contribution in [2.75, 3.05) is 18.1 Å². The summed E-state index contributed by atoms with van der Waals surface area (Å²) in [6, 6.07) is 16.2. The highest BCUT2D eigenvalue weighted by Crippen LogP contribution is 2.30. The number of carbonyl (C=O) groups is 2. The van der Waals surface area contributed by atoms with Gasteiger partial charge in [0.25, 0.3) is 0 Å². The lowest BCUT2D eigenvalue weighted by molar-refractivity contribution is -0.122. The highest BCUT2D eigenvalue weighted by molar-refractivity contribution is 5.95. The molecule has 1 aliphatic carbocycles. The summed E-state index contributed by atoms with van der Waals surface area (Å²) < 4.78 is 5.58. The predicted octanol–water partition coefficient (Wildman–Crippen LogP) is 4.56. The van der Waals surface area contributed by atoms with E-state index >= 15 is 0 Å². The summed E-state index contributed by atoms with van der Waals surface area (Å²) in [5.74, 6) is 0.284. The summed E-state index contributed by atoms with van der Waals surface area (Å²) in [7, 11) is 0. The minimum Gasteiger partial charge on any atom is -0.376 e. The Bertz CT molecular complexity index is 913. The number of nitrogens with one attached hydrogen (secondary N) is 1. The molecule has 2 aromatic carbocycles. The zero-order chi connectivity index (χ0) is 22.3. The minimum atomic E-state index is -0.00939. The topological polar surface area (TPSA) is 58.6 Å². The lowest BCUT2D eigenvalue weighted by Gasteiger charge is -2.26. The third-order valence-electron chi connectivity index (χ3n) is 6.57. The van der Waals surface area contributed by atoms with Gasteiger partial charge in [-0.25, -0.2) is 0 Å². The van der Waals surface area contributed by atoms with Crippen LogP contribution in [0.1, 0.15) is 55.2 Å². The zero-order valence-corrected chi connectivity index (χ0v) is 19.0. The first-order valence-electron chi connectivity index (χ1n) is 11.9. The van der Waals surface area contributed by atoms with Gasteiger partial charge in [-0.05, 0) is 55.9 Å². The van der Waals surface area contributed by atoms with Crippen molar-refractivity contribution in [3.63, 3.8) is 0 Å². The van der Waals surface area contributed by atoms with Gasteiger partial charge in [-0.15, -0.1) is 0 Å². The Balaban J connectivity index is 1.47. The molecule has 1 heterocycles. The zero-order valence-electron chi connectivity index (χ0n) is 19.0. The molecule has 0 bridgehead atoms. The highest BCUT2D eigenvalue weighted by atomic mass is 16.5. The van der Waals surface area contributed by atoms with Crippen molar-refractivity contribution >= 4 is 17.5 Å². The Kier molecular flexibility index (Phi) is 7.59. The van der Waals surface area contributed by atoms with Crippen LogP contribution in [-0.2, 0) is 27.3 Å². The second kappa shape index (κ2) is 10.8. The fourth-order valence-electron chi connectivity index (χ4n) is 4.68. The number of ether oxygens (including phenoxy) is 1. The third-order valence-corrected chi connectivity index (χ3v) is 6.57. The van der Waals surface area contributed by atoms with Crippen LogP contribution in [0, 0.1) is 12.8 Å². The van der Waals surface area contributed by atoms with E-state index in [0.717, 1.165) is 61.9 Å². The van der Waals surface area contributed by atoms with E-state index < -0.39 is 0 Å². The molecule has 0 spiro atoms. The third kappa shape index (κ3) is 5.98. The molecule has 2 amide bonds. The van der Waals surface area contributed by atoms with E-state index in [9.17, 15) is 9.59 Å². The molecule has 1 atom stereocenters. The molecule has 2 aliphatic rings. The number of anilines is 1. The summed E-state index contributed by atoms with van der Waals surface area (Å²) in [4.78, 5) is 27.8. The summed E-state index contributed by atoms with van der Waals surface area (Å²) in [5.41, 5.74) is 4.10. The van der Waals surface area contributed by atoms with Crippen LogP contribution in [0.25, 0.3) is 0 Å². The van der Waals surface area contributed by atoms with Gasteiger partial charge in [-0.3, -0.25) is 9.59 Å². The molecule has 2 aromatic rings. The first-order valence-corrected chi connectivity index (χ1v) is 11.9. The van der Waals surface area contributed by atoms with Crippen molar-refractivity contribution in [2.24, 2.45) is 5.92 Å². The molecule has 0 unspecified atom stereocenters. The van der Waals surface area contributed by atoms with Crippen LogP contribution in [-0.4, -0.2) is 31.1 Å². The number of rotatable bonds is 8. The van der Waals surface area contributed by atoms with Crippen molar-refractivity contribution in [1.82, 2.24) is 5.32 Å². The molecule has 0 aromatic heterocycles. The van der Waals surface area contributed by atoms with E-state index in [2.05, 4.69) is 36.5 Å². The molecule has 4 rings (SSSR count). The van der Waals surface area contributed by atoms with Crippen LogP contribution in [0.2, 0.25) is 0 Å². The van der Waals surface area contributed by atoms with Crippen molar-refractivity contribution in [2.45, 2.75) is 64.5 Å². The number of benzene rings is 2. The van der Waals surface area contributed by atoms with E-state index in [4.69, 9.17) is 4.74 Å². The second-order valence-electron chi connectivity index (χ2n) is 9.18. The van der Waals surface area contributed by atoms with Crippen LogP contribution in [0.3, 0.4) is 0 Å². The van der Waals surface area contributed by atoms with Crippen LogP contribution in [0.4, 0.5) is 5.69 Å². The van der Waals surface area contributed by atoms with Crippen molar-refractivity contribution in [3.8, 4) is 0 Å². The Morgan fingerprint density at radius 2 is 1.78 bits per heavy atom. The maximum absolute atomic E-state index is 13.4. The number of amides is 2. The van der Waals surface area contributed by atoms with E-state index in [1.54, 1.807) is 0 Å². The maximum Gasteiger partial charge on any atom is 0.230 e. The van der Waals surface area contributed by atoms with E-state index in [-0.39, 0.29) is 23.8 Å². The molecular weight excluding hydrogens is 400 g/mol.